The van der Waals surface area contributed by atoms with Gasteiger partial charge >= 0.3 is 5.69 Å². The van der Waals surface area contributed by atoms with E-state index in [0.29, 0.717) is 16.8 Å². The number of rotatable bonds is 5. The minimum atomic E-state index is -0.488. The molecular weight excluding hydrogens is 326 g/mol. The Morgan fingerprint density at radius 1 is 1.35 bits per heavy atom. The normalized spacial score (nSPS) is 10.3. The quantitative estimate of drug-likeness (QED) is 0.469. The molecule has 0 aliphatic carbocycles. The molecule has 0 atom stereocenters. The SMILES string of the molecule is CCCc1nc(Br)cc(Oc2ccccc2[N+](=O)[O-])n1. The summed E-state index contributed by atoms with van der Waals surface area (Å²) in [7, 11) is 0. The summed E-state index contributed by atoms with van der Waals surface area (Å²) in [4.78, 5) is 18.9. The van der Waals surface area contributed by atoms with Gasteiger partial charge in [0.05, 0.1) is 4.92 Å². The highest BCUT2D eigenvalue weighted by Gasteiger charge is 2.15. The van der Waals surface area contributed by atoms with Crippen LogP contribution in [0.1, 0.15) is 19.2 Å². The highest BCUT2D eigenvalue weighted by molar-refractivity contribution is 9.10. The third-order valence-electron chi connectivity index (χ3n) is 2.47. The molecule has 0 spiro atoms. The number of halogens is 1. The number of nitro groups is 1. The number of ether oxygens (including phenoxy) is 1. The zero-order chi connectivity index (χ0) is 14.5. The molecule has 7 heteroatoms. The Labute approximate surface area is 124 Å². The van der Waals surface area contributed by atoms with Gasteiger partial charge in [0, 0.05) is 18.6 Å². The molecule has 104 valence electrons. The minimum absolute atomic E-state index is 0.0979. The van der Waals surface area contributed by atoms with Gasteiger partial charge in [0.1, 0.15) is 10.4 Å². The van der Waals surface area contributed by atoms with Crippen LogP contribution in [0, 0.1) is 10.1 Å². The summed E-state index contributed by atoms with van der Waals surface area (Å²) >= 11 is 3.28. The van der Waals surface area contributed by atoms with Gasteiger partial charge in [0.25, 0.3) is 0 Å². The topological polar surface area (TPSA) is 78.2 Å². The molecule has 0 aliphatic heterocycles. The van der Waals surface area contributed by atoms with E-state index in [4.69, 9.17) is 4.74 Å². The fraction of sp³-hybridized carbons (Fsp3) is 0.231. The summed E-state index contributed by atoms with van der Waals surface area (Å²) in [6, 6.07) is 7.76. The Kier molecular flexibility index (Phi) is 4.62. The number of para-hydroxylation sites is 2. The molecule has 20 heavy (non-hydrogen) atoms. The van der Waals surface area contributed by atoms with E-state index in [2.05, 4.69) is 25.9 Å². The number of nitro benzene ring substituents is 1. The predicted octanol–water partition coefficient (Wildman–Crippen LogP) is 3.89. The van der Waals surface area contributed by atoms with Crippen LogP contribution in [0.2, 0.25) is 0 Å². The molecule has 0 saturated heterocycles. The lowest BCUT2D eigenvalue weighted by molar-refractivity contribution is -0.385. The third kappa shape index (κ3) is 3.51. The van der Waals surface area contributed by atoms with Gasteiger partial charge in [-0.15, -0.1) is 0 Å². The van der Waals surface area contributed by atoms with E-state index in [-0.39, 0.29) is 17.3 Å². The van der Waals surface area contributed by atoms with Crippen molar-refractivity contribution in [3.05, 3.63) is 50.9 Å². The fourth-order valence-electron chi connectivity index (χ4n) is 1.64. The fourth-order valence-corrected chi connectivity index (χ4v) is 2.04. The molecule has 0 fully saturated rings. The molecule has 1 aromatic heterocycles. The first-order valence-corrected chi connectivity index (χ1v) is 6.84. The van der Waals surface area contributed by atoms with Gasteiger partial charge in [0.2, 0.25) is 11.6 Å². The van der Waals surface area contributed by atoms with Crippen molar-refractivity contribution in [1.29, 1.82) is 0 Å². The lowest BCUT2D eigenvalue weighted by Crippen LogP contribution is -1.99. The average molecular weight is 338 g/mol. The molecule has 0 bridgehead atoms. The first kappa shape index (κ1) is 14.4. The lowest BCUT2D eigenvalue weighted by Gasteiger charge is -2.07. The second-order valence-corrected chi connectivity index (χ2v) is 4.83. The van der Waals surface area contributed by atoms with Gasteiger partial charge in [-0.3, -0.25) is 10.1 Å². The Hall–Kier alpha value is -2.02. The van der Waals surface area contributed by atoms with Crippen molar-refractivity contribution in [1.82, 2.24) is 9.97 Å². The van der Waals surface area contributed by atoms with E-state index in [1.807, 2.05) is 6.92 Å². The second-order valence-electron chi connectivity index (χ2n) is 4.02. The summed E-state index contributed by atoms with van der Waals surface area (Å²) < 4.78 is 6.10. The number of hydrogen-bond donors (Lipinski definition) is 0. The van der Waals surface area contributed by atoms with Crippen LogP contribution in [0.3, 0.4) is 0 Å². The van der Waals surface area contributed by atoms with Crippen molar-refractivity contribution in [3.63, 3.8) is 0 Å². The van der Waals surface area contributed by atoms with E-state index in [0.717, 1.165) is 6.42 Å². The average Bonchev–Trinajstić information content (AvgIpc) is 2.38. The van der Waals surface area contributed by atoms with Crippen molar-refractivity contribution in [2.45, 2.75) is 19.8 Å². The molecule has 2 rings (SSSR count). The maximum absolute atomic E-state index is 10.9. The molecule has 0 aliphatic rings. The van der Waals surface area contributed by atoms with Gasteiger partial charge in [-0.2, -0.15) is 4.98 Å². The number of aromatic nitrogens is 2. The van der Waals surface area contributed by atoms with Crippen molar-refractivity contribution in [2.75, 3.05) is 0 Å². The van der Waals surface area contributed by atoms with Crippen LogP contribution in [-0.2, 0) is 6.42 Å². The Morgan fingerprint density at radius 2 is 2.10 bits per heavy atom. The van der Waals surface area contributed by atoms with E-state index >= 15 is 0 Å². The molecule has 0 N–H and O–H groups in total. The number of aryl methyl sites for hydroxylation is 1. The zero-order valence-corrected chi connectivity index (χ0v) is 12.3. The van der Waals surface area contributed by atoms with Gasteiger partial charge in [-0.25, -0.2) is 4.98 Å². The van der Waals surface area contributed by atoms with Crippen molar-refractivity contribution >= 4 is 21.6 Å². The Bertz CT molecular complexity index is 634. The number of hydrogen-bond acceptors (Lipinski definition) is 5. The largest absolute Gasteiger partial charge is 0.432 e. The van der Waals surface area contributed by atoms with Crippen LogP contribution in [0.5, 0.6) is 11.6 Å². The van der Waals surface area contributed by atoms with Crippen LogP contribution in [0.15, 0.2) is 34.9 Å². The van der Waals surface area contributed by atoms with Crippen molar-refractivity contribution in [2.24, 2.45) is 0 Å². The second kappa shape index (κ2) is 6.42. The highest BCUT2D eigenvalue weighted by Crippen LogP contribution is 2.30. The van der Waals surface area contributed by atoms with E-state index in [1.165, 1.54) is 12.1 Å². The Morgan fingerprint density at radius 3 is 2.80 bits per heavy atom. The first-order chi connectivity index (χ1) is 9.60. The molecule has 1 heterocycles. The summed E-state index contributed by atoms with van der Waals surface area (Å²) in [6.45, 7) is 2.02. The third-order valence-corrected chi connectivity index (χ3v) is 2.87. The summed E-state index contributed by atoms with van der Waals surface area (Å²) in [5, 5.41) is 10.9. The summed E-state index contributed by atoms with van der Waals surface area (Å²) in [6.07, 6.45) is 1.62. The van der Waals surface area contributed by atoms with Crippen LogP contribution in [0.4, 0.5) is 5.69 Å². The van der Waals surface area contributed by atoms with Crippen molar-refractivity contribution < 1.29 is 9.66 Å². The number of nitrogens with zero attached hydrogens (tertiary/aromatic N) is 3. The molecular formula is C13H12BrN3O3. The monoisotopic (exact) mass is 337 g/mol. The van der Waals surface area contributed by atoms with Crippen molar-refractivity contribution in [3.8, 4) is 11.6 Å². The maximum atomic E-state index is 10.9. The van der Waals surface area contributed by atoms with E-state index < -0.39 is 4.92 Å². The summed E-state index contributed by atoms with van der Waals surface area (Å²) in [5.74, 6) is 1.07. The molecule has 1 aromatic carbocycles. The van der Waals surface area contributed by atoms with Crippen LogP contribution in [-0.4, -0.2) is 14.9 Å². The number of benzene rings is 1. The van der Waals surface area contributed by atoms with Crippen LogP contribution >= 0.6 is 15.9 Å². The van der Waals surface area contributed by atoms with E-state index in [1.54, 1.807) is 18.2 Å². The van der Waals surface area contributed by atoms with Crippen LogP contribution in [0.25, 0.3) is 0 Å². The lowest BCUT2D eigenvalue weighted by atomic mass is 10.3. The highest BCUT2D eigenvalue weighted by atomic mass is 79.9. The molecule has 0 saturated carbocycles. The minimum Gasteiger partial charge on any atom is -0.432 e. The molecule has 0 amide bonds. The van der Waals surface area contributed by atoms with Gasteiger partial charge in [-0.05, 0) is 28.4 Å². The van der Waals surface area contributed by atoms with Gasteiger partial charge in [0.15, 0.2) is 0 Å². The van der Waals surface area contributed by atoms with E-state index in [9.17, 15) is 10.1 Å². The molecule has 6 nitrogen and oxygen atoms in total. The van der Waals surface area contributed by atoms with Gasteiger partial charge < -0.3 is 4.74 Å². The Balaban J connectivity index is 2.32. The standard InChI is InChI=1S/C13H12BrN3O3/c1-2-5-12-15-11(14)8-13(16-12)20-10-7-4-3-6-9(10)17(18)19/h3-4,6-8H,2,5H2,1H3. The van der Waals surface area contributed by atoms with Crippen LogP contribution < -0.4 is 4.74 Å². The molecule has 0 radical (unpaired) electrons. The predicted molar refractivity (Wildman–Crippen MR) is 76.9 cm³/mol. The summed E-state index contributed by atoms with van der Waals surface area (Å²) in [5.41, 5.74) is -0.0979. The zero-order valence-electron chi connectivity index (χ0n) is 10.7. The smallest absolute Gasteiger partial charge is 0.311 e. The molecule has 0 unspecified atom stereocenters. The molecule has 2 aromatic rings. The maximum Gasteiger partial charge on any atom is 0.311 e. The first-order valence-electron chi connectivity index (χ1n) is 6.05. The van der Waals surface area contributed by atoms with Gasteiger partial charge in [-0.1, -0.05) is 19.1 Å².